The summed E-state index contributed by atoms with van der Waals surface area (Å²) in [6, 6.07) is 10.6. The number of hydrogen-bond donors (Lipinski definition) is 1. The van der Waals surface area contributed by atoms with Crippen molar-refractivity contribution >= 4 is 11.6 Å². The van der Waals surface area contributed by atoms with E-state index in [2.05, 4.69) is 5.32 Å². The monoisotopic (exact) mass is 394 g/mol. The van der Waals surface area contributed by atoms with Crippen LogP contribution in [0.3, 0.4) is 0 Å². The number of halogens is 3. The maximum absolute atomic E-state index is 13.1. The highest BCUT2D eigenvalue weighted by molar-refractivity contribution is 5.91. The van der Waals surface area contributed by atoms with Gasteiger partial charge in [0.1, 0.15) is 13.2 Å². The van der Waals surface area contributed by atoms with Crippen LogP contribution in [-0.4, -0.2) is 37.6 Å². The first-order chi connectivity index (χ1) is 13.3. The van der Waals surface area contributed by atoms with Gasteiger partial charge in [0.25, 0.3) is 0 Å². The van der Waals surface area contributed by atoms with Gasteiger partial charge < -0.3 is 19.7 Å². The van der Waals surface area contributed by atoms with Crippen LogP contribution in [0.15, 0.2) is 42.5 Å². The van der Waals surface area contributed by atoms with Crippen LogP contribution >= 0.6 is 0 Å². The molecule has 0 unspecified atom stereocenters. The summed E-state index contributed by atoms with van der Waals surface area (Å²) in [5, 5.41) is 2.77. The fraction of sp³-hybridized carbons (Fsp3) is 0.350. The van der Waals surface area contributed by atoms with E-state index in [4.69, 9.17) is 9.47 Å². The molecule has 1 aliphatic heterocycles. The van der Waals surface area contributed by atoms with E-state index in [1.165, 1.54) is 12.1 Å². The fourth-order valence-corrected chi connectivity index (χ4v) is 2.94. The number of ether oxygens (including phenoxy) is 2. The summed E-state index contributed by atoms with van der Waals surface area (Å²) >= 11 is 0. The zero-order chi connectivity index (χ0) is 20.1. The van der Waals surface area contributed by atoms with Crippen LogP contribution in [0.25, 0.3) is 0 Å². The van der Waals surface area contributed by atoms with Crippen molar-refractivity contribution in [3.63, 3.8) is 0 Å². The fourth-order valence-electron chi connectivity index (χ4n) is 2.94. The number of nitrogens with one attached hydrogen (secondary N) is 1. The summed E-state index contributed by atoms with van der Waals surface area (Å²) in [6.07, 6.45) is -4.24. The average Bonchev–Trinajstić information content (AvgIpc) is 2.66. The van der Waals surface area contributed by atoms with Gasteiger partial charge in [0.05, 0.1) is 5.56 Å². The molecule has 5 nitrogen and oxygen atoms in total. The first-order valence-corrected chi connectivity index (χ1v) is 8.86. The third kappa shape index (κ3) is 5.16. The minimum absolute atomic E-state index is 0.104. The van der Waals surface area contributed by atoms with Gasteiger partial charge in [-0.2, -0.15) is 13.2 Å². The van der Waals surface area contributed by atoms with Crippen LogP contribution in [0, 0.1) is 0 Å². The summed E-state index contributed by atoms with van der Waals surface area (Å²) in [4.78, 5) is 13.9. The molecular formula is C20H21F3N2O3. The lowest BCUT2D eigenvalue weighted by Gasteiger charge is -2.20. The quantitative estimate of drug-likeness (QED) is 0.807. The third-order valence-electron chi connectivity index (χ3n) is 4.31. The minimum Gasteiger partial charge on any atom is -0.486 e. The third-order valence-corrected chi connectivity index (χ3v) is 4.31. The second-order valence-corrected chi connectivity index (χ2v) is 6.55. The van der Waals surface area contributed by atoms with Crippen LogP contribution in [0.4, 0.5) is 18.9 Å². The largest absolute Gasteiger partial charge is 0.486 e. The number of fused-ring (bicyclic) bond motifs is 1. The van der Waals surface area contributed by atoms with Crippen LogP contribution in [0.2, 0.25) is 0 Å². The van der Waals surface area contributed by atoms with Crippen LogP contribution < -0.4 is 14.8 Å². The van der Waals surface area contributed by atoms with Gasteiger partial charge in [-0.3, -0.25) is 4.79 Å². The van der Waals surface area contributed by atoms with Crippen molar-refractivity contribution in [2.24, 2.45) is 0 Å². The van der Waals surface area contributed by atoms with Crippen molar-refractivity contribution in [3.8, 4) is 11.5 Å². The average molecular weight is 394 g/mol. The first-order valence-electron chi connectivity index (χ1n) is 8.86. The maximum Gasteiger partial charge on any atom is 0.416 e. The second kappa shape index (κ2) is 8.52. The Morgan fingerprint density at radius 1 is 1.11 bits per heavy atom. The van der Waals surface area contributed by atoms with Gasteiger partial charge in [-0.15, -0.1) is 0 Å². The highest BCUT2D eigenvalue weighted by Gasteiger charge is 2.32. The Kier molecular flexibility index (Phi) is 6.08. The number of alkyl halides is 3. The van der Waals surface area contributed by atoms with Gasteiger partial charge in [-0.05, 0) is 30.8 Å². The molecule has 0 atom stereocenters. The Bertz CT molecular complexity index is 840. The molecule has 1 aliphatic rings. The zero-order valence-corrected chi connectivity index (χ0v) is 15.4. The minimum atomic E-state index is -4.40. The number of anilines is 1. The lowest BCUT2D eigenvalue weighted by Crippen LogP contribution is -2.25. The van der Waals surface area contributed by atoms with Crippen LogP contribution in [0.1, 0.15) is 17.5 Å². The Hall–Kier alpha value is -2.74. The van der Waals surface area contributed by atoms with E-state index in [1.807, 2.05) is 0 Å². The lowest BCUT2D eigenvalue weighted by atomic mass is 10.1. The molecule has 1 amide bonds. The van der Waals surface area contributed by atoms with Crippen molar-refractivity contribution in [2.45, 2.75) is 19.1 Å². The molecule has 0 saturated heterocycles. The van der Waals surface area contributed by atoms with Gasteiger partial charge in [0.2, 0.25) is 5.91 Å². The molecule has 0 aromatic heterocycles. The Morgan fingerprint density at radius 2 is 1.82 bits per heavy atom. The van der Waals surface area contributed by atoms with E-state index in [-0.39, 0.29) is 24.4 Å². The van der Waals surface area contributed by atoms with E-state index in [9.17, 15) is 18.0 Å². The summed E-state index contributed by atoms with van der Waals surface area (Å²) in [5.74, 6) is 0.977. The molecule has 150 valence electrons. The number of carbonyl (C=O) groups excluding carboxylic acids is 1. The molecule has 1 N–H and O–H groups in total. The smallest absolute Gasteiger partial charge is 0.416 e. The summed E-state index contributed by atoms with van der Waals surface area (Å²) in [7, 11) is 1.69. The second-order valence-electron chi connectivity index (χ2n) is 6.55. The molecule has 2 aromatic rings. The molecule has 8 heteroatoms. The number of benzene rings is 2. The van der Waals surface area contributed by atoms with E-state index >= 15 is 0 Å². The van der Waals surface area contributed by atoms with Crippen molar-refractivity contribution in [1.82, 2.24) is 4.90 Å². The molecule has 0 aliphatic carbocycles. The number of hydrogen-bond acceptors (Lipinski definition) is 4. The van der Waals surface area contributed by atoms with E-state index in [0.717, 1.165) is 6.07 Å². The van der Waals surface area contributed by atoms with Crippen molar-refractivity contribution in [1.29, 1.82) is 0 Å². The molecule has 0 radical (unpaired) electrons. The van der Waals surface area contributed by atoms with Gasteiger partial charge in [0.15, 0.2) is 11.5 Å². The summed E-state index contributed by atoms with van der Waals surface area (Å²) in [6.45, 7) is 1.37. The number of carbonyl (C=O) groups is 1. The topological polar surface area (TPSA) is 50.8 Å². The van der Waals surface area contributed by atoms with E-state index in [1.54, 1.807) is 36.2 Å². The normalized spacial score (nSPS) is 13.5. The number of amides is 1. The molecule has 1 heterocycles. The van der Waals surface area contributed by atoms with Gasteiger partial charge in [0, 0.05) is 31.3 Å². The Labute approximate surface area is 161 Å². The highest BCUT2D eigenvalue weighted by Crippen LogP contribution is 2.33. The zero-order valence-electron chi connectivity index (χ0n) is 15.4. The molecule has 0 spiro atoms. The van der Waals surface area contributed by atoms with Crippen molar-refractivity contribution in [3.05, 3.63) is 53.6 Å². The SMILES string of the molecule is CN(CCC(=O)Nc1ccc2c(c1)OCCO2)Cc1ccccc1C(F)(F)F. The number of nitrogens with zero attached hydrogens (tertiary/aromatic N) is 1. The van der Waals surface area contributed by atoms with Crippen LogP contribution in [-0.2, 0) is 17.5 Å². The number of rotatable bonds is 6. The molecule has 28 heavy (non-hydrogen) atoms. The Morgan fingerprint density at radius 3 is 2.57 bits per heavy atom. The molecule has 0 fully saturated rings. The summed E-state index contributed by atoms with van der Waals surface area (Å²) < 4.78 is 50.1. The van der Waals surface area contributed by atoms with Gasteiger partial charge in [-0.1, -0.05) is 18.2 Å². The van der Waals surface area contributed by atoms with Crippen molar-refractivity contribution in [2.75, 3.05) is 32.1 Å². The standard InChI is InChI=1S/C20H21F3N2O3/c1-25(13-14-4-2-3-5-16(14)20(21,22)23)9-8-19(26)24-15-6-7-17-18(12-15)28-11-10-27-17/h2-7,12H,8-11,13H2,1H3,(H,24,26). The maximum atomic E-state index is 13.1. The van der Waals surface area contributed by atoms with Crippen molar-refractivity contribution < 1.29 is 27.4 Å². The highest BCUT2D eigenvalue weighted by atomic mass is 19.4. The summed E-state index contributed by atoms with van der Waals surface area (Å²) in [5.41, 5.74) is 0.117. The predicted octanol–water partition coefficient (Wildman–Crippen LogP) is 3.94. The predicted molar refractivity (Wildman–Crippen MR) is 98.5 cm³/mol. The lowest BCUT2D eigenvalue weighted by molar-refractivity contribution is -0.138. The first kappa shape index (κ1) is 20.0. The van der Waals surface area contributed by atoms with E-state index < -0.39 is 11.7 Å². The van der Waals surface area contributed by atoms with Crippen LogP contribution in [0.5, 0.6) is 11.5 Å². The van der Waals surface area contributed by atoms with Gasteiger partial charge in [-0.25, -0.2) is 0 Å². The molecule has 0 saturated carbocycles. The molecule has 0 bridgehead atoms. The Balaban J connectivity index is 1.52. The van der Waals surface area contributed by atoms with Gasteiger partial charge >= 0.3 is 6.18 Å². The van der Waals surface area contributed by atoms with E-state index in [0.29, 0.717) is 36.9 Å². The molecule has 3 rings (SSSR count). The molecule has 2 aromatic carbocycles. The molecular weight excluding hydrogens is 373 g/mol.